The Morgan fingerprint density at radius 3 is 2.59 bits per heavy atom. The average molecular weight is 271 g/mol. The van der Waals surface area contributed by atoms with E-state index in [9.17, 15) is 8.78 Å². The molecule has 0 saturated heterocycles. The zero-order valence-corrected chi connectivity index (χ0v) is 10.4. The number of benzene rings is 2. The Morgan fingerprint density at radius 1 is 1.06 bits per heavy atom. The van der Waals surface area contributed by atoms with Crippen LogP contribution in [0.2, 0.25) is 5.02 Å². The molecule has 88 valence electrons. The second kappa shape index (κ2) is 5.52. The largest absolute Gasteiger partial charge is 0.207 e. The monoisotopic (exact) mass is 270 g/mol. The van der Waals surface area contributed by atoms with Crippen LogP contribution in [0.5, 0.6) is 0 Å². The van der Waals surface area contributed by atoms with E-state index in [-0.39, 0.29) is 11.6 Å². The molecule has 0 N–H and O–H groups in total. The molecule has 0 aliphatic heterocycles. The van der Waals surface area contributed by atoms with Gasteiger partial charge in [-0.15, -0.1) is 11.8 Å². The SMILES string of the molecule is Fc1cccc(SCc2ccc(Cl)cc2F)c1. The van der Waals surface area contributed by atoms with Crippen LogP contribution in [0.4, 0.5) is 8.78 Å². The van der Waals surface area contributed by atoms with Gasteiger partial charge in [0.05, 0.1) is 0 Å². The first kappa shape index (κ1) is 12.4. The Labute approximate surface area is 108 Å². The van der Waals surface area contributed by atoms with Crippen molar-refractivity contribution in [3.63, 3.8) is 0 Å². The molecule has 0 aliphatic carbocycles. The predicted molar refractivity (Wildman–Crippen MR) is 67.4 cm³/mol. The van der Waals surface area contributed by atoms with Crippen LogP contribution in [-0.4, -0.2) is 0 Å². The van der Waals surface area contributed by atoms with Gasteiger partial charge >= 0.3 is 0 Å². The molecule has 0 unspecified atom stereocenters. The summed E-state index contributed by atoms with van der Waals surface area (Å²) in [7, 11) is 0. The van der Waals surface area contributed by atoms with Crippen molar-refractivity contribution in [3.8, 4) is 0 Å². The minimum absolute atomic E-state index is 0.286. The van der Waals surface area contributed by atoms with E-state index in [1.54, 1.807) is 24.3 Å². The van der Waals surface area contributed by atoms with E-state index in [0.717, 1.165) is 4.90 Å². The van der Waals surface area contributed by atoms with Crippen LogP contribution in [0, 0.1) is 11.6 Å². The summed E-state index contributed by atoms with van der Waals surface area (Å²) in [6.45, 7) is 0. The molecule has 0 aromatic heterocycles. The van der Waals surface area contributed by atoms with Gasteiger partial charge in [0.25, 0.3) is 0 Å². The molecule has 2 aromatic rings. The smallest absolute Gasteiger partial charge is 0.128 e. The van der Waals surface area contributed by atoms with Crippen LogP contribution in [-0.2, 0) is 5.75 Å². The van der Waals surface area contributed by atoms with E-state index < -0.39 is 0 Å². The Hall–Kier alpha value is -1.06. The van der Waals surface area contributed by atoms with Gasteiger partial charge in [0.2, 0.25) is 0 Å². The molecule has 0 bridgehead atoms. The van der Waals surface area contributed by atoms with E-state index in [4.69, 9.17) is 11.6 Å². The van der Waals surface area contributed by atoms with Gasteiger partial charge in [0, 0.05) is 15.7 Å². The standard InChI is InChI=1S/C13H9ClF2S/c14-10-5-4-9(13(16)6-10)8-17-12-3-1-2-11(15)7-12/h1-7H,8H2. The first-order valence-electron chi connectivity index (χ1n) is 4.97. The van der Waals surface area contributed by atoms with Crippen LogP contribution < -0.4 is 0 Å². The van der Waals surface area contributed by atoms with E-state index in [0.29, 0.717) is 16.3 Å². The molecule has 2 aromatic carbocycles. The molecule has 0 aliphatic rings. The summed E-state index contributed by atoms with van der Waals surface area (Å²) < 4.78 is 26.4. The van der Waals surface area contributed by atoms with Gasteiger partial charge in [0.1, 0.15) is 11.6 Å². The second-order valence-corrected chi connectivity index (χ2v) is 4.97. The fourth-order valence-corrected chi connectivity index (χ4v) is 2.44. The van der Waals surface area contributed by atoms with E-state index in [1.807, 2.05) is 0 Å². The van der Waals surface area contributed by atoms with E-state index >= 15 is 0 Å². The topological polar surface area (TPSA) is 0 Å². The first-order valence-corrected chi connectivity index (χ1v) is 6.34. The molecule has 0 fully saturated rings. The molecular formula is C13H9ClF2S. The maximum absolute atomic E-state index is 13.5. The quantitative estimate of drug-likeness (QED) is 0.714. The van der Waals surface area contributed by atoms with Gasteiger partial charge < -0.3 is 0 Å². The van der Waals surface area contributed by atoms with Gasteiger partial charge in [-0.3, -0.25) is 0 Å². The second-order valence-electron chi connectivity index (χ2n) is 3.48. The van der Waals surface area contributed by atoms with Crippen molar-refractivity contribution in [3.05, 3.63) is 64.7 Å². The van der Waals surface area contributed by atoms with Crippen LogP contribution in [0.15, 0.2) is 47.4 Å². The Bertz CT molecular complexity index is 529. The Balaban J connectivity index is 2.07. The molecule has 4 heteroatoms. The van der Waals surface area contributed by atoms with Crippen LogP contribution >= 0.6 is 23.4 Å². The molecular weight excluding hydrogens is 262 g/mol. The Kier molecular flexibility index (Phi) is 4.02. The molecule has 0 amide bonds. The number of rotatable bonds is 3. The molecule has 2 rings (SSSR count). The molecule has 0 saturated carbocycles. The lowest BCUT2D eigenvalue weighted by Crippen LogP contribution is -1.87. The summed E-state index contributed by atoms with van der Waals surface area (Å²) in [5, 5.41) is 0.377. The van der Waals surface area contributed by atoms with Crippen LogP contribution in [0.25, 0.3) is 0 Å². The molecule has 0 nitrogen and oxygen atoms in total. The van der Waals surface area contributed by atoms with Crippen molar-refractivity contribution in [1.82, 2.24) is 0 Å². The minimum Gasteiger partial charge on any atom is -0.207 e. The third-order valence-electron chi connectivity index (χ3n) is 2.21. The van der Waals surface area contributed by atoms with Crippen LogP contribution in [0.3, 0.4) is 0 Å². The summed E-state index contributed by atoms with van der Waals surface area (Å²) in [6.07, 6.45) is 0. The molecule has 0 atom stereocenters. The summed E-state index contributed by atoms with van der Waals surface area (Å²) >= 11 is 7.04. The highest BCUT2D eigenvalue weighted by molar-refractivity contribution is 7.98. The van der Waals surface area contributed by atoms with Gasteiger partial charge in [-0.1, -0.05) is 23.7 Å². The lowest BCUT2D eigenvalue weighted by molar-refractivity contribution is 0.617. The highest BCUT2D eigenvalue weighted by atomic mass is 35.5. The Morgan fingerprint density at radius 2 is 1.88 bits per heavy atom. The molecule has 17 heavy (non-hydrogen) atoms. The van der Waals surface area contributed by atoms with Crippen molar-refractivity contribution >= 4 is 23.4 Å². The van der Waals surface area contributed by atoms with Crippen molar-refractivity contribution in [2.75, 3.05) is 0 Å². The minimum atomic E-state index is -0.332. The maximum atomic E-state index is 13.5. The summed E-state index contributed by atoms with van der Waals surface area (Å²) in [5.41, 5.74) is 0.559. The summed E-state index contributed by atoms with van der Waals surface area (Å²) in [5.74, 6) is -0.167. The average Bonchev–Trinajstić information content (AvgIpc) is 2.28. The summed E-state index contributed by atoms with van der Waals surface area (Å²) in [6, 6.07) is 10.8. The van der Waals surface area contributed by atoms with Gasteiger partial charge in [-0.2, -0.15) is 0 Å². The van der Waals surface area contributed by atoms with Crippen molar-refractivity contribution < 1.29 is 8.78 Å². The fourth-order valence-electron chi connectivity index (χ4n) is 1.36. The lowest BCUT2D eigenvalue weighted by atomic mass is 10.2. The van der Waals surface area contributed by atoms with Crippen molar-refractivity contribution in [2.24, 2.45) is 0 Å². The van der Waals surface area contributed by atoms with Gasteiger partial charge in [0.15, 0.2) is 0 Å². The van der Waals surface area contributed by atoms with Crippen molar-refractivity contribution in [1.29, 1.82) is 0 Å². The lowest BCUT2D eigenvalue weighted by Gasteiger charge is -2.04. The van der Waals surface area contributed by atoms with E-state index in [1.165, 1.54) is 30.0 Å². The fraction of sp³-hybridized carbons (Fsp3) is 0.0769. The zero-order valence-electron chi connectivity index (χ0n) is 8.79. The summed E-state index contributed by atoms with van der Waals surface area (Å²) in [4.78, 5) is 0.777. The third-order valence-corrected chi connectivity index (χ3v) is 3.48. The van der Waals surface area contributed by atoms with Crippen molar-refractivity contribution in [2.45, 2.75) is 10.6 Å². The molecule has 0 heterocycles. The number of hydrogen-bond donors (Lipinski definition) is 0. The van der Waals surface area contributed by atoms with Crippen LogP contribution in [0.1, 0.15) is 5.56 Å². The normalized spacial score (nSPS) is 10.5. The molecule has 0 spiro atoms. The third kappa shape index (κ3) is 3.45. The van der Waals surface area contributed by atoms with Gasteiger partial charge in [-0.25, -0.2) is 8.78 Å². The zero-order chi connectivity index (χ0) is 12.3. The predicted octanol–water partition coefficient (Wildman–Crippen LogP) is 4.91. The van der Waals surface area contributed by atoms with Gasteiger partial charge in [-0.05, 0) is 35.9 Å². The number of hydrogen-bond acceptors (Lipinski definition) is 1. The number of thioether (sulfide) groups is 1. The maximum Gasteiger partial charge on any atom is 0.128 e. The first-order chi connectivity index (χ1) is 8.15. The highest BCUT2D eigenvalue weighted by Gasteiger charge is 2.04. The highest BCUT2D eigenvalue weighted by Crippen LogP contribution is 2.25. The number of halogens is 3. The van der Waals surface area contributed by atoms with E-state index in [2.05, 4.69) is 0 Å². The molecule has 0 radical (unpaired) electrons.